The summed E-state index contributed by atoms with van der Waals surface area (Å²) in [6, 6.07) is -1.64. The van der Waals surface area contributed by atoms with Crippen LogP contribution >= 0.6 is 0 Å². The lowest BCUT2D eigenvalue weighted by Gasteiger charge is -2.02. The summed E-state index contributed by atoms with van der Waals surface area (Å²) >= 11 is 0. The second-order valence-electron chi connectivity index (χ2n) is 4.70. The van der Waals surface area contributed by atoms with Crippen molar-refractivity contribution in [1.82, 2.24) is 0 Å². The molecule has 0 aliphatic heterocycles. The molecule has 0 aromatic rings. The average molecular weight is 368 g/mol. The van der Waals surface area contributed by atoms with Crippen LogP contribution in [0.5, 0.6) is 0 Å². The van der Waals surface area contributed by atoms with Crippen molar-refractivity contribution in [3.8, 4) is 0 Å². The summed E-state index contributed by atoms with van der Waals surface area (Å²) in [5.41, 5.74) is 20.0. The minimum absolute atomic E-state index is 0.00463. The number of aliphatic carboxylic acids is 4. The third kappa shape index (κ3) is 26.9. The zero-order valence-corrected chi connectivity index (χ0v) is 13.8. The molecule has 0 saturated heterocycles. The Hall–Kier alpha value is -2.28. The Morgan fingerprint density at radius 3 is 1.32 bits per heavy atom. The van der Waals surface area contributed by atoms with Gasteiger partial charge in [-0.15, -0.1) is 0 Å². The Kier molecular flexibility index (Phi) is 19.9. The van der Waals surface area contributed by atoms with Crippen LogP contribution in [0.2, 0.25) is 0 Å². The second-order valence-corrected chi connectivity index (χ2v) is 4.70. The first-order chi connectivity index (χ1) is 11.5. The molecule has 0 spiro atoms. The Morgan fingerprint density at radius 2 is 1.12 bits per heavy atom. The third-order valence-corrected chi connectivity index (χ3v) is 2.39. The number of hydrogen-bond acceptors (Lipinski definition) is 8. The maximum Gasteiger partial charge on any atom is 0.321 e. The van der Waals surface area contributed by atoms with E-state index in [9.17, 15) is 19.2 Å². The van der Waals surface area contributed by atoms with E-state index in [1.807, 2.05) is 0 Å². The molecule has 0 aliphatic carbocycles. The normalized spacial score (nSPS) is 11.7. The van der Waals surface area contributed by atoms with Crippen molar-refractivity contribution in [2.75, 3.05) is 13.1 Å². The molecule has 12 heteroatoms. The van der Waals surface area contributed by atoms with Gasteiger partial charge in [-0.1, -0.05) is 0 Å². The number of carboxylic acid groups (broad SMARTS) is 4. The number of carboxylic acids is 4. The number of rotatable bonds is 10. The molecule has 0 saturated carbocycles. The van der Waals surface area contributed by atoms with Crippen molar-refractivity contribution in [2.45, 2.75) is 44.2 Å². The van der Waals surface area contributed by atoms with Crippen LogP contribution in [-0.2, 0) is 19.2 Å². The van der Waals surface area contributed by atoms with Crippen LogP contribution in [0.1, 0.15) is 32.1 Å². The zero-order chi connectivity index (χ0) is 20.4. The monoisotopic (exact) mass is 368 g/mol. The van der Waals surface area contributed by atoms with E-state index in [4.69, 9.17) is 43.4 Å². The van der Waals surface area contributed by atoms with Gasteiger partial charge in [0.2, 0.25) is 0 Å². The molecule has 0 aliphatic rings. The summed E-state index contributed by atoms with van der Waals surface area (Å²) in [7, 11) is 0. The fourth-order valence-electron chi connectivity index (χ4n) is 0.953. The maximum absolute atomic E-state index is 10.0. The molecule has 0 radical (unpaired) electrons. The lowest BCUT2D eigenvalue weighted by atomic mass is 10.2. The Morgan fingerprint density at radius 1 is 0.720 bits per heavy atom. The van der Waals surface area contributed by atoms with Crippen molar-refractivity contribution in [3.05, 3.63) is 0 Å². The quantitative estimate of drug-likeness (QED) is 0.205. The standard InChI is InChI=1S/C5H12N2O2.C5H8O4.C3H8N2O2/c6-3-1-2-4(7)5(8)9;6-4(7)2-1-3-5(8)9;4-1-2(5)3(6)7/h4H,1-3,6-7H2,(H,8,9);1-3H2,(H,6,7)(H,8,9);2H,1,4-5H2,(H,6,7). The largest absolute Gasteiger partial charge is 0.481 e. The predicted molar refractivity (Wildman–Crippen MR) is 87.7 cm³/mol. The van der Waals surface area contributed by atoms with E-state index >= 15 is 0 Å². The topological polar surface area (TPSA) is 253 Å². The molecule has 0 heterocycles. The van der Waals surface area contributed by atoms with Crippen LogP contribution in [0, 0.1) is 0 Å². The third-order valence-electron chi connectivity index (χ3n) is 2.39. The molecule has 148 valence electrons. The first kappa shape index (κ1) is 27.6. The highest BCUT2D eigenvalue weighted by Crippen LogP contribution is 1.93. The van der Waals surface area contributed by atoms with Gasteiger partial charge < -0.3 is 43.4 Å². The van der Waals surface area contributed by atoms with E-state index in [2.05, 4.69) is 0 Å². The average Bonchev–Trinajstić information content (AvgIpc) is 2.51. The Balaban J connectivity index is -0.000000293. The number of nitrogens with two attached hydrogens (primary N) is 4. The molecule has 0 bridgehead atoms. The van der Waals surface area contributed by atoms with Crippen molar-refractivity contribution in [1.29, 1.82) is 0 Å². The predicted octanol–water partition coefficient (Wildman–Crippen LogP) is -2.18. The van der Waals surface area contributed by atoms with Gasteiger partial charge in [-0.2, -0.15) is 0 Å². The molecule has 2 unspecified atom stereocenters. The van der Waals surface area contributed by atoms with Crippen molar-refractivity contribution in [3.63, 3.8) is 0 Å². The van der Waals surface area contributed by atoms with Gasteiger partial charge in [0.1, 0.15) is 12.1 Å². The van der Waals surface area contributed by atoms with Crippen LogP contribution in [0.4, 0.5) is 0 Å². The summed E-state index contributed by atoms with van der Waals surface area (Å²) in [6.45, 7) is 0.496. The molecule has 0 aromatic carbocycles. The summed E-state index contributed by atoms with van der Waals surface area (Å²) in [5.74, 6) is -3.90. The van der Waals surface area contributed by atoms with E-state index < -0.39 is 36.0 Å². The number of carbonyl (C=O) groups is 4. The van der Waals surface area contributed by atoms with Crippen LogP contribution in [0.25, 0.3) is 0 Å². The molecular formula is C13H28N4O8. The van der Waals surface area contributed by atoms with Crippen molar-refractivity contribution >= 4 is 23.9 Å². The smallest absolute Gasteiger partial charge is 0.321 e. The van der Waals surface area contributed by atoms with Gasteiger partial charge in [-0.05, 0) is 25.8 Å². The second kappa shape index (κ2) is 18.1. The molecule has 2 atom stereocenters. The molecule has 0 aromatic heterocycles. The van der Waals surface area contributed by atoms with E-state index in [-0.39, 0.29) is 25.8 Å². The Bertz CT molecular complexity index is 391. The summed E-state index contributed by atoms with van der Waals surface area (Å²) in [6.07, 6.45) is 1.22. The van der Waals surface area contributed by atoms with Crippen LogP contribution < -0.4 is 22.9 Å². The molecule has 12 nitrogen and oxygen atoms in total. The summed E-state index contributed by atoms with van der Waals surface area (Å²) in [4.78, 5) is 39.3. The number of hydrogen-bond donors (Lipinski definition) is 8. The zero-order valence-electron chi connectivity index (χ0n) is 13.8. The molecule has 12 N–H and O–H groups in total. The van der Waals surface area contributed by atoms with Gasteiger partial charge in [0.25, 0.3) is 0 Å². The highest BCUT2D eigenvalue weighted by Gasteiger charge is 2.08. The molecular weight excluding hydrogens is 340 g/mol. The van der Waals surface area contributed by atoms with Crippen LogP contribution in [0.15, 0.2) is 0 Å². The Labute approximate surface area is 144 Å². The van der Waals surface area contributed by atoms with E-state index in [0.717, 1.165) is 0 Å². The fraction of sp³-hybridized carbons (Fsp3) is 0.692. The lowest BCUT2D eigenvalue weighted by molar-refractivity contribution is -0.140. The lowest BCUT2D eigenvalue weighted by Crippen LogP contribution is -2.37. The van der Waals surface area contributed by atoms with Gasteiger partial charge in [0, 0.05) is 19.4 Å². The van der Waals surface area contributed by atoms with Crippen molar-refractivity contribution in [2.24, 2.45) is 22.9 Å². The highest BCUT2D eigenvalue weighted by atomic mass is 16.4. The molecule has 0 amide bonds. The van der Waals surface area contributed by atoms with Gasteiger partial charge in [-0.3, -0.25) is 19.2 Å². The van der Waals surface area contributed by atoms with Gasteiger partial charge in [0.15, 0.2) is 0 Å². The fourth-order valence-corrected chi connectivity index (χ4v) is 0.953. The van der Waals surface area contributed by atoms with Crippen molar-refractivity contribution < 1.29 is 39.6 Å². The van der Waals surface area contributed by atoms with Crippen LogP contribution in [0.3, 0.4) is 0 Å². The minimum atomic E-state index is -1.05. The summed E-state index contributed by atoms with van der Waals surface area (Å²) in [5, 5.41) is 32.3. The molecule has 0 fully saturated rings. The maximum atomic E-state index is 10.0. The minimum Gasteiger partial charge on any atom is -0.481 e. The SMILES string of the molecule is NCC(N)C(=O)O.NCCCC(N)C(=O)O.O=C(O)CCCC(=O)O. The first-order valence-electron chi connectivity index (χ1n) is 7.30. The molecule has 0 rings (SSSR count). The first-order valence-corrected chi connectivity index (χ1v) is 7.30. The van der Waals surface area contributed by atoms with Crippen LogP contribution in [-0.4, -0.2) is 69.5 Å². The molecule has 25 heavy (non-hydrogen) atoms. The van der Waals surface area contributed by atoms with Gasteiger partial charge >= 0.3 is 23.9 Å². The summed E-state index contributed by atoms with van der Waals surface area (Å²) < 4.78 is 0. The van der Waals surface area contributed by atoms with E-state index in [1.165, 1.54) is 0 Å². The van der Waals surface area contributed by atoms with E-state index in [0.29, 0.717) is 19.4 Å². The highest BCUT2D eigenvalue weighted by molar-refractivity contribution is 5.73. The van der Waals surface area contributed by atoms with Gasteiger partial charge in [0.05, 0.1) is 0 Å². The van der Waals surface area contributed by atoms with Gasteiger partial charge in [-0.25, -0.2) is 0 Å². The van der Waals surface area contributed by atoms with E-state index in [1.54, 1.807) is 0 Å².